The van der Waals surface area contributed by atoms with Crippen LogP contribution in [0, 0.1) is 12.7 Å². The van der Waals surface area contributed by atoms with Gasteiger partial charge in [0.05, 0.1) is 18.1 Å². The molecule has 0 amide bonds. The van der Waals surface area contributed by atoms with Crippen molar-refractivity contribution in [2.45, 2.75) is 25.8 Å². The molecule has 0 bridgehead atoms. The Labute approximate surface area is 180 Å². The first kappa shape index (κ1) is 20.0. The minimum atomic E-state index is -1.33. The van der Waals surface area contributed by atoms with Crippen molar-refractivity contribution in [1.29, 1.82) is 0 Å². The number of rotatable bonds is 4. The summed E-state index contributed by atoms with van der Waals surface area (Å²) in [5, 5.41) is 10.2. The maximum atomic E-state index is 15.4. The smallest absolute Gasteiger partial charge is 0.341 e. The highest BCUT2D eigenvalue weighted by Gasteiger charge is 2.29. The van der Waals surface area contributed by atoms with Gasteiger partial charge in [0.2, 0.25) is 11.0 Å². The van der Waals surface area contributed by atoms with E-state index in [1.165, 1.54) is 19.4 Å². The van der Waals surface area contributed by atoms with E-state index in [4.69, 9.17) is 4.74 Å². The van der Waals surface area contributed by atoms with E-state index < -0.39 is 17.2 Å². The Morgan fingerprint density at radius 1 is 1.22 bits per heavy atom. The normalized spacial score (nSPS) is 13.6. The zero-order valence-electron chi connectivity index (χ0n) is 17.4. The lowest BCUT2D eigenvalue weighted by atomic mass is 9.94. The van der Waals surface area contributed by atoms with Crippen LogP contribution in [0.25, 0.3) is 32.9 Å². The number of carboxylic acids is 1. The molecule has 32 heavy (non-hydrogen) atoms. The number of nitrogens with one attached hydrogen (secondary N) is 1. The molecule has 4 aromatic rings. The quantitative estimate of drug-likeness (QED) is 0.506. The average molecular weight is 434 g/mol. The van der Waals surface area contributed by atoms with Crippen LogP contribution in [0.3, 0.4) is 0 Å². The van der Waals surface area contributed by atoms with Gasteiger partial charge in [0.1, 0.15) is 17.1 Å². The Balaban J connectivity index is 1.87. The van der Waals surface area contributed by atoms with E-state index in [0.29, 0.717) is 38.9 Å². The second-order valence-corrected chi connectivity index (χ2v) is 8.04. The molecule has 0 radical (unpaired) electrons. The number of fused-ring (bicyclic) bond motifs is 2. The zero-order valence-corrected chi connectivity index (χ0v) is 17.4. The lowest BCUT2D eigenvalue weighted by Gasteiger charge is -2.18. The summed E-state index contributed by atoms with van der Waals surface area (Å²) in [7, 11) is 1.46. The van der Waals surface area contributed by atoms with Crippen LogP contribution >= 0.6 is 0 Å². The number of hydrogen-bond acceptors (Lipinski definition) is 4. The minimum absolute atomic E-state index is 0.0487. The van der Waals surface area contributed by atoms with Crippen molar-refractivity contribution in [3.63, 3.8) is 0 Å². The number of ether oxygens (including phenoxy) is 1. The van der Waals surface area contributed by atoms with Crippen molar-refractivity contribution in [1.82, 2.24) is 9.55 Å². The molecule has 0 aliphatic heterocycles. The predicted octanol–water partition coefficient (Wildman–Crippen LogP) is 4.00. The summed E-state index contributed by atoms with van der Waals surface area (Å²) in [5.74, 6) is -1.58. The first-order chi connectivity index (χ1) is 15.3. The van der Waals surface area contributed by atoms with Crippen LogP contribution in [0.5, 0.6) is 5.75 Å². The molecule has 2 aromatic heterocycles. The Morgan fingerprint density at radius 3 is 2.62 bits per heavy atom. The highest BCUT2D eigenvalue weighted by molar-refractivity contribution is 5.97. The number of aromatic amines is 1. The van der Waals surface area contributed by atoms with Gasteiger partial charge < -0.3 is 19.4 Å². The molecular formula is C24H19FN2O5. The van der Waals surface area contributed by atoms with Crippen molar-refractivity contribution in [3.8, 4) is 16.9 Å². The summed E-state index contributed by atoms with van der Waals surface area (Å²) in [6.07, 6.45) is 3.09. The van der Waals surface area contributed by atoms with E-state index in [1.807, 2.05) is 0 Å². The molecule has 1 aliphatic rings. The number of H-pyrrole nitrogens is 1. The van der Waals surface area contributed by atoms with E-state index in [2.05, 4.69) is 4.98 Å². The fourth-order valence-electron chi connectivity index (χ4n) is 4.37. The fourth-order valence-corrected chi connectivity index (χ4v) is 4.37. The molecule has 2 aromatic carbocycles. The number of methoxy groups -OCH3 is 1. The van der Waals surface area contributed by atoms with E-state index in [0.717, 1.165) is 18.9 Å². The summed E-state index contributed by atoms with van der Waals surface area (Å²) < 4.78 is 22.7. The average Bonchev–Trinajstić information content (AvgIpc) is 3.59. The van der Waals surface area contributed by atoms with Crippen LogP contribution in [0.2, 0.25) is 0 Å². The molecule has 162 valence electrons. The molecule has 1 aliphatic carbocycles. The van der Waals surface area contributed by atoms with Crippen molar-refractivity contribution in [3.05, 3.63) is 74.0 Å². The monoisotopic (exact) mass is 434 g/mol. The second kappa shape index (κ2) is 7.05. The van der Waals surface area contributed by atoms with Crippen LogP contribution in [-0.2, 0) is 0 Å². The van der Waals surface area contributed by atoms with Crippen LogP contribution in [0.15, 0.2) is 46.1 Å². The fraction of sp³-hybridized carbons (Fsp3) is 0.208. The van der Waals surface area contributed by atoms with E-state index in [-0.39, 0.29) is 22.6 Å². The number of aromatic nitrogens is 2. The van der Waals surface area contributed by atoms with Gasteiger partial charge in [0.25, 0.3) is 0 Å². The minimum Gasteiger partial charge on any atom is -0.495 e. The lowest BCUT2D eigenvalue weighted by molar-refractivity contribution is 0.0695. The second-order valence-electron chi connectivity index (χ2n) is 8.04. The van der Waals surface area contributed by atoms with Crippen molar-refractivity contribution in [2.75, 3.05) is 7.11 Å². The van der Waals surface area contributed by atoms with Gasteiger partial charge in [-0.2, -0.15) is 0 Å². The van der Waals surface area contributed by atoms with Crippen molar-refractivity contribution in [2.24, 2.45) is 0 Å². The number of hydrogen-bond donors (Lipinski definition) is 2. The molecule has 0 saturated heterocycles. The summed E-state index contributed by atoms with van der Waals surface area (Å²) in [4.78, 5) is 38.9. The van der Waals surface area contributed by atoms with Gasteiger partial charge in [-0.3, -0.25) is 9.59 Å². The largest absolute Gasteiger partial charge is 0.495 e. The number of pyridine rings is 2. The Bertz CT molecular complexity index is 1560. The number of carboxylic acid groups (broad SMARTS) is 1. The van der Waals surface area contributed by atoms with Crippen molar-refractivity contribution >= 4 is 27.8 Å². The SMILES string of the molecule is COc1cc(-c2c(F)cc3c(=O)c(C(=O)O)cn(C4CC4)c3c2C)cc2ccc(=O)[nH]c12. The number of carbonyl (C=O) groups is 1. The van der Waals surface area contributed by atoms with Gasteiger partial charge in [0, 0.05) is 34.6 Å². The van der Waals surface area contributed by atoms with Gasteiger partial charge in [-0.05, 0) is 55.2 Å². The van der Waals surface area contributed by atoms with Crippen LogP contribution in [0.4, 0.5) is 4.39 Å². The van der Waals surface area contributed by atoms with Gasteiger partial charge in [0.15, 0.2) is 0 Å². The number of halogens is 1. The molecular weight excluding hydrogens is 415 g/mol. The maximum Gasteiger partial charge on any atom is 0.341 e. The highest BCUT2D eigenvalue weighted by Crippen LogP contribution is 2.41. The lowest BCUT2D eigenvalue weighted by Crippen LogP contribution is -2.19. The molecule has 7 nitrogen and oxygen atoms in total. The predicted molar refractivity (Wildman–Crippen MR) is 118 cm³/mol. The number of nitrogens with zero attached hydrogens (tertiary/aromatic N) is 1. The molecule has 1 fully saturated rings. The van der Waals surface area contributed by atoms with E-state index in [1.54, 1.807) is 29.7 Å². The standard InChI is InChI=1S/C24H19FN2O5/c1-11-20(13-7-12-3-6-19(28)26-21(12)18(8-13)32-2)17(25)9-15-22(11)27(14-4-5-14)10-16(23(15)29)24(30)31/h3,6-10,14H,4-5H2,1-2H3,(H,26,28)(H,30,31). The summed E-state index contributed by atoms with van der Waals surface area (Å²) in [5.41, 5.74) is 1.03. The zero-order chi connectivity index (χ0) is 22.7. The topological polar surface area (TPSA) is 101 Å². The summed E-state index contributed by atoms with van der Waals surface area (Å²) in [6, 6.07) is 7.59. The Morgan fingerprint density at radius 2 is 1.97 bits per heavy atom. The van der Waals surface area contributed by atoms with Crippen LogP contribution < -0.4 is 15.7 Å². The van der Waals surface area contributed by atoms with Crippen molar-refractivity contribution < 1.29 is 19.0 Å². The number of aromatic carboxylic acids is 1. The maximum absolute atomic E-state index is 15.4. The molecule has 8 heteroatoms. The Kier molecular flexibility index (Phi) is 4.40. The molecule has 5 rings (SSSR count). The molecule has 2 heterocycles. The van der Waals surface area contributed by atoms with Gasteiger partial charge in [-0.1, -0.05) is 0 Å². The number of benzene rings is 2. The van der Waals surface area contributed by atoms with Gasteiger partial charge in [-0.15, -0.1) is 0 Å². The third kappa shape index (κ3) is 2.98. The van der Waals surface area contributed by atoms with Gasteiger partial charge in [-0.25, -0.2) is 9.18 Å². The molecule has 2 N–H and O–H groups in total. The third-order valence-electron chi connectivity index (χ3n) is 5.99. The van der Waals surface area contributed by atoms with Gasteiger partial charge >= 0.3 is 5.97 Å². The van der Waals surface area contributed by atoms with E-state index >= 15 is 4.39 Å². The van der Waals surface area contributed by atoms with E-state index in [9.17, 15) is 19.5 Å². The molecule has 0 unspecified atom stereocenters. The molecule has 0 spiro atoms. The third-order valence-corrected chi connectivity index (χ3v) is 5.99. The van der Waals surface area contributed by atoms with Crippen LogP contribution in [0.1, 0.15) is 34.8 Å². The first-order valence-electron chi connectivity index (χ1n) is 10.1. The summed E-state index contributed by atoms with van der Waals surface area (Å²) >= 11 is 0. The Hall–Kier alpha value is -3.94. The molecule has 1 saturated carbocycles. The highest BCUT2D eigenvalue weighted by atomic mass is 19.1. The number of aryl methyl sites for hydroxylation is 1. The van der Waals surface area contributed by atoms with Crippen LogP contribution in [-0.4, -0.2) is 27.7 Å². The molecule has 0 atom stereocenters. The summed E-state index contributed by atoms with van der Waals surface area (Å²) in [6.45, 7) is 1.73. The first-order valence-corrected chi connectivity index (χ1v) is 10.1.